The van der Waals surface area contributed by atoms with Crippen LogP contribution in [0.1, 0.15) is 37.2 Å². The van der Waals surface area contributed by atoms with Crippen molar-refractivity contribution in [1.82, 2.24) is 10.3 Å². The average molecular weight is 252 g/mol. The molecule has 1 aromatic heterocycles. The van der Waals surface area contributed by atoms with E-state index in [1.807, 2.05) is 0 Å². The molecule has 0 saturated carbocycles. The zero-order chi connectivity index (χ0) is 13.8. The van der Waals surface area contributed by atoms with Gasteiger partial charge in [-0.25, -0.2) is 0 Å². The van der Waals surface area contributed by atoms with Gasteiger partial charge in [0, 0.05) is 18.0 Å². The fourth-order valence-electron chi connectivity index (χ4n) is 1.44. The Kier molecular flexibility index (Phi) is 4.25. The highest BCUT2D eigenvalue weighted by Gasteiger charge is 2.22. The van der Waals surface area contributed by atoms with Gasteiger partial charge in [0.05, 0.1) is 0 Å². The molecule has 6 heteroatoms. The highest BCUT2D eigenvalue weighted by Crippen LogP contribution is 2.11. The Balaban J connectivity index is 2.69. The number of rotatable bonds is 5. The summed E-state index contributed by atoms with van der Waals surface area (Å²) in [5.74, 6) is -1.34. The SMILES string of the molecule is CC(C)(CCC(=O)O)NC(=O)c1cccc(=O)[nH]1. The molecule has 0 atom stereocenters. The average Bonchev–Trinajstić information content (AvgIpc) is 2.26. The summed E-state index contributed by atoms with van der Waals surface area (Å²) in [6.45, 7) is 3.46. The van der Waals surface area contributed by atoms with Crippen molar-refractivity contribution in [2.24, 2.45) is 0 Å². The topological polar surface area (TPSA) is 99.3 Å². The van der Waals surface area contributed by atoms with E-state index >= 15 is 0 Å². The first kappa shape index (κ1) is 14.0. The van der Waals surface area contributed by atoms with Gasteiger partial charge in [-0.05, 0) is 26.3 Å². The summed E-state index contributed by atoms with van der Waals surface area (Å²) >= 11 is 0. The van der Waals surface area contributed by atoms with Crippen LogP contribution in [0.5, 0.6) is 0 Å². The second kappa shape index (κ2) is 5.48. The van der Waals surface area contributed by atoms with Gasteiger partial charge in [-0.15, -0.1) is 0 Å². The molecule has 18 heavy (non-hydrogen) atoms. The Bertz CT molecular complexity index is 505. The second-order valence-electron chi connectivity index (χ2n) is 4.66. The summed E-state index contributed by atoms with van der Waals surface area (Å²) in [5, 5.41) is 11.3. The van der Waals surface area contributed by atoms with E-state index in [1.165, 1.54) is 18.2 Å². The third-order valence-corrected chi connectivity index (χ3v) is 2.43. The minimum absolute atomic E-state index is 0.0292. The van der Waals surface area contributed by atoms with Gasteiger partial charge in [0.1, 0.15) is 5.69 Å². The number of nitrogens with one attached hydrogen (secondary N) is 2. The van der Waals surface area contributed by atoms with Crippen LogP contribution in [0, 0.1) is 0 Å². The molecule has 1 amide bonds. The number of aromatic nitrogens is 1. The van der Waals surface area contributed by atoms with Crippen LogP contribution in [0.3, 0.4) is 0 Å². The van der Waals surface area contributed by atoms with Crippen molar-refractivity contribution in [3.8, 4) is 0 Å². The van der Waals surface area contributed by atoms with Gasteiger partial charge in [0.25, 0.3) is 5.91 Å². The summed E-state index contributed by atoms with van der Waals surface area (Å²) < 4.78 is 0. The van der Waals surface area contributed by atoms with E-state index in [1.54, 1.807) is 13.8 Å². The van der Waals surface area contributed by atoms with Crippen LogP contribution in [0.15, 0.2) is 23.0 Å². The molecule has 0 aliphatic carbocycles. The number of aromatic amines is 1. The third-order valence-electron chi connectivity index (χ3n) is 2.43. The highest BCUT2D eigenvalue weighted by molar-refractivity contribution is 5.92. The number of amides is 1. The van der Waals surface area contributed by atoms with Crippen LogP contribution in [0.2, 0.25) is 0 Å². The van der Waals surface area contributed by atoms with Gasteiger partial charge < -0.3 is 15.4 Å². The van der Waals surface area contributed by atoms with Crippen LogP contribution in [-0.4, -0.2) is 27.5 Å². The number of carboxylic acids is 1. The number of carbonyl (C=O) groups is 2. The maximum Gasteiger partial charge on any atom is 0.303 e. The van der Waals surface area contributed by atoms with Crippen molar-refractivity contribution in [1.29, 1.82) is 0 Å². The van der Waals surface area contributed by atoms with Crippen molar-refractivity contribution >= 4 is 11.9 Å². The number of carbonyl (C=O) groups excluding carboxylic acids is 1. The standard InChI is InChI=1S/C12H16N2O4/c1-12(2,7-6-10(16)17)14-11(18)8-4-3-5-9(15)13-8/h3-5H,6-7H2,1-2H3,(H,13,15)(H,14,18)(H,16,17). The van der Waals surface area contributed by atoms with Crippen molar-refractivity contribution in [3.05, 3.63) is 34.2 Å². The number of hydrogen-bond donors (Lipinski definition) is 3. The molecular formula is C12H16N2O4. The number of pyridine rings is 1. The monoisotopic (exact) mass is 252 g/mol. The van der Waals surface area contributed by atoms with E-state index in [4.69, 9.17) is 5.11 Å². The van der Waals surface area contributed by atoms with Crippen LogP contribution >= 0.6 is 0 Å². The lowest BCUT2D eigenvalue weighted by atomic mass is 9.98. The van der Waals surface area contributed by atoms with E-state index in [0.717, 1.165) is 0 Å². The first-order valence-electron chi connectivity index (χ1n) is 5.54. The van der Waals surface area contributed by atoms with Crippen molar-refractivity contribution in [2.75, 3.05) is 0 Å². The van der Waals surface area contributed by atoms with E-state index < -0.39 is 17.4 Å². The maximum atomic E-state index is 11.8. The molecule has 0 aromatic carbocycles. The van der Waals surface area contributed by atoms with Gasteiger partial charge in [0.2, 0.25) is 5.56 Å². The van der Waals surface area contributed by atoms with Gasteiger partial charge >= 0.3 is 5.97 Å². The molecule has 0 radical (unpaired) electrons. The minimum atomic E-state index is -0.912. The first-order valence-corrected chi connectivity index (χ1v) is 5.54. The maximum absolute atomic E-state index is 11.8. The molecule has 1 aromatic rings. The first-order chi connectivity index (χ1) is 8.30. The number of H-pyrrole nitrogens is 1. The minimum Gasteiger partial charge on any atom is -0.481 e. The van der Waals surface area contributed by atoms with E-state index in [-0.39, 0.29) is 17.7 Å². The van der Waals surface area contributed by atoms with E-state index in [0.29, 0.717) is 6.42 Å². The molecule has 98 valence electrons. The zero-order valence-electron chi connectivity index (χ0n) is 10.3. The smallest absolute Gasteiger partial charge is 0.303 e. The van der Waals surface area contributed by atoms with Crippen LogP contribution in [0.25, 0.3) is 0 Å². The molecule has 0 bridgehead atoms. The van der Waals surface area contributed by atoms with Gasteiger partial charge in [-0.3, -0.25) is 14.4 Å². The lowest BCUT2D eigenvalue weighted by molar-refractivity contribution is -0.137. The molecule has 0 unspecified atom stereocenters. The van der Waals surface area contributed by atoms with Gasteiger partial charge in [0.15, 0.2) is 0 Å². The second-order valence-corrected chi connectivity index (χ2v) is 4.66. The number of carboxylic acid groups (broad SMARTS) is 1. The lowest BCUT2D eigenvalue weighted by Gasteiger charge is -2.25. The Labute approximate surface area is 104 Å². The Morgan fingerprint density at radius 2 is 2.06 bits per heavy atom. The number of hydrogen-bond acceptors (Lipinski definition) is 3. The molecule has 3 N–H and O–H groups in total. The number of aliphatic carboxylic acids is 1. The molecule has 0 fully saturated rings. The Hall–Kier alpha value is -2.11. The molecule has 0 aliphatic heterocycles. The van der Waals surface area contributed by atoms with Crippen molar-refractivity contribution in [3.63, 3.8) is 0 Å². The van der Waals surface area contributed by atoms with Crippen molar-refractivity contribution in [2.45, 2.75) is 32.2 Å². The molecule has 0 aliphatic rings. The van der Waals surface area contributed by atoms with E-state index in [2.05, 4.69) is 10.3 Å². The highest BCUT2D eigenvalue weighted by atomic mass is 16.4. The predicted molar refractivity (Wildman–Crippen MR) is 65.5 cm³/mol. The van der Waals surface area contributed by atoms with Crippen LogP contribution < -0.4 is 10.9 Å². The Morgan fingerprint density at radius 1 is 1.39 bits per heavy atom. The predicted octanol–water partition coefficient (Wildman–Crippen LogP) is 0.748. The van der Waals surface area contributed by atoms with Gasteiger partial charge in [-0.2, -0.15) is 0 Å². The summed E-state index contributed by atoms with van der Waals surface area (Å²) in [6, 6.07) is 4.29. The largest absolute Gasteiger partial charge is 0.481 e. The fraction of sp³-hybridized carbons (Fsp3) is 0.417. The zero-order valence-corrected chi connectivity index (χ0v) is 10.3. The molecule has 0 saturated heterocycles. The summed E-state index contributed by atoms with van der Waals surface area (Å²) in [6.07, 6.45) is 0.281. The fourth-order valence-corrected chi connectivity index (χ4v) is 1.44. The van der Waals surface area contributed by atoms with Crippen molar-refractivity contribution < 1.29 is 14.7 Å². The molecule has 1 heterocycles. The summed E-state index contributed by atoms with van der Waals surface area (Å²) in [4.78, 5) is 35.8. The quantitative estimate of drug-likeness (QED) is 0.720. The van der Waals surface area contributed by atoms with Gasteiger partial charge in [-0.1, -0.05) is 6.07 Å². The third kappa shape index (κ3) is 4.40. The molecule has 1 rings (SSSR count). The summed E-state index contributed by atoms with van der Waals surface area (Å²) in [7, 11) is 0. The lowest BCUT2D eigenvalue weighted by Crippen LogP contribution is -2.44. The van der Waals surface area contributed by atoms with Crippen LogP contribution in [0.4, 0.5) is 0 Å². The van der Waals surface area contributed by atoms with Crippen LogP contribution in [-0.2, 0) is 4.79 Å². The Morgan fingerprint density at radius 3 is 2.61 bits per heavy atom. The molecule has 6 nitrogen and oxygen atoms in total. The molecule has 0 spiro atoms. The normalized spacial score (nSPS) is 11.0. The summed E-state index contributed by atoms with van der Waals surface area (Å²) in [5.41, 5.74) is -0.848. The molecular weight excluding hydrogens is 236 g/mol. The van der Waals surface area contributed by atoms with E-state index in [9.17, 15) is 14.4 Å².